The van der Waals surface area contributed by atoms with Crippen molar-refractivity contribution in [2.24, 2.45) is 11.1 Å². The van der Waals surface area contributed by atoms with Gasteiger partial charge in [0.15, 0.2) is 6.10 Å². The van der Waals surface area contributed by atoms with Gasteiger partial charge in [-0.3, -0.25) is 14.5 Å². The number of ether oxygens (including phenoxy) is 1. The first-order chi connectivity index (χ1) is 15.3. The molecule has 3 N–H and O–H groups in total. The summed E-state index contributed by atoms with van der Waals surface area (Å²) in [6.07, 6.45) is -5.06. The Balaban J connectivity index is 2.47. The normalized spacial score (nSPS) is 17.9. The Kier molecular flexibility index (Phi) is 8.89. The fourth-order valence-corrected chi connectivity index (χ4v) is 3.73. The number of benzene rings is 1. The van der Waals surface area contributed by atoms with Crippen molar-refractivity contribution in [2.75, 3.05) is 6.54 Å². The molecule has 0 spiro atoms. The number of carbonyl (C=O) groups is 3. The van der Waals surface area contributed by atoms with Gasteiger partial charge < -0.3 is 15.8 Å². The maximum atomic E-state index is 13.5. The fraction of sp³-hybridized carbons (Fsp3) is 0.591. The van der Waals surface area contributed by atoms with E-state index in [2.05, 4.69) is 10.1 Å². The zero-order valence-corrected chi connectivity index (χ0v) is 19.6. The number of alkyl halides is 3. The van der Waals surface area contributed by atoms with Gasteiger partial charge in [-0.2, -0.15) is 13.2 Å². The standard InChI is InChI=1S/C22H29ClF3N3O4/c1-21(2,3)17(33-20(32)22(24,25)26)19(31)29(18(30)16-6-4-5-9-28-16)12-14-10-15(23)8-7-13(14)11-27/h7-8,10,16-17,28H,4-6,9,11-12,27H2,1-3H3/t16-,17-/m0/s1. The second-order valence-corrected chi connectivity index (χ2v) is 9.47. The van der Waals surface area contributed by atoms with Gasteiger partial charge in [0.1, 0.15) is 0 Å². The molecule has 0 bridgehead atoms. The summed E-state index contributed by atoms with van der Waals surface area (Å²) in [5, 5.41) is 3.38. The van der Waals surface area contributed by atoms with E-state index in [1.54, 1.807) is 18.2 Å². The van der Waals surface area contributed by atoms with Crippen LogP contribution in [-0.4, -0.2) is 47.6 Å². The molecule has 184 valence electrons. The number of amides is 2. The van der Waals surface area contributed by atoms with Crippen LogP contribution in [0, 0.1) is 5.41 Å². The van der Waals surface area contributed by atoms with E-state index in [1.165, 1.54) is 20.8 Å². The van der Waals surface area contributed by atoms with E-state index in [9.17, 15) is 27.6 Å². The van der Waals surface area contributed by atoms with Crippen molar-refractivity contribution in [3.8, 4) is 0 Å². The summed E-state index contributed by atoms with van der Waals surface area (Å²) in [7, 11) is 0. The molecule has 0 aromatic heterocycles. The number of nitrogens with zero attached hydrogens (tertiary/aromatic N) is 1. The number of nitrogens with one attached hydrogen (secondary N) is 1. The number of hydrogen-bond acceptors (Lipinski definition) is 6. The molecule has 7 nitrogen and oxygen atoms in total. The molecule has 1 saturated heterocycles. The topological polar surface area (TPSA) is 102 Å². The van der Waals surface area contributed by atoms with Crippen LogP contribution in [0.3, 0.4) is 0 Å². The lowest BCUT2D eigenvalue weighted by Gasteiger charge is -2.35. The monoisotopic (exact) mass is 491 g/mol. The highest BCUT2D eigenvalue weighted by molar-refractivity contribution is 6.30. The molecule has 0 saturated carbocycles. The van der Waals surface area contributed by atoms with Crippen molar-refractivity contribution in [1.82, 2.24) is 10.2 Å². The molecule has 1 fully saturated rings. The fourth-order valence-electron chi connectivity index (χ4n) is 3.54. The maximum Gasteiger partial charge on any atom is 0.490 e. The molecule has 1 aliphatic heterocycles. The van der Waals surface area contributed by atoms with E-state index in [1.807, 2.05) is 0 Å². The highest BCUT2D eigenvalue weighted by Gasteiger charge is 2.48. The minimum absolute atomic E-state index is 0.0934. The van der Waals surface area contributed by atoms with Gasteiger partial charge in [0.2, 0.25) is 5.91 Å². The van der Waals surface area contributed by atoms with Crippen LogP contribution in [0.2, 0.25) is 5.02 Å². The molecule has 1 aromatic carbocycles. The number of rotatable bonds is 6. The number of hydrogen-bond donors (Lipinski definition) is 2. The average molecular weight is 492 g/mol. The third kappa shape index (κ3) is 7.15. The summed E-state index contributed by atoms with van der Waals surface area (Å²) < 4.78 is 43.3. The van der Waals surface area contributed by atoms with Gasteiger partial charge in [0.25, 0.3) is 5.91 Å². The van der Waals surface area contributed by atoms with E-state index in [0.29, 0.717) is 29.1 Å². The van der Waals surface area contributed by atoms with Crippen molar-refractivity contribution in [2.45, 2.75) is 71.4 Å². The van der Waals surface area contributed by atoms with Crippen LogP contribution in [-0.2, 0) is 32.2 Å². The van der Waals surface area contributed by atoms with Gasteiger partial charge in [-0.25, -0.2) is 4.79 Å². The Bertz CT molecular complexity index is 881. The Morgan fingerprint density at radius 3 is 2.39 bits per heavy atom. The maximum absolute atomic E-state index is 13.5. The van der Waals surface area contributed by atoms with Crippen LogP contribution in [0.25, 0.3) is 0 Å². The van der Waals surface area contributed by atoms with E-state index in [-0.39, 0.29) is 13.1 Å². The molecule has 2 rings (SSSR count). The summed E-state index contributed by atoms with van der Waals surface area (Å²) in [5.74, 6) is -4.15. The SMILES string of the molecule is CC(C)(C)[C@@H](OC(=O)C(F)(F)F)C(=O)N(Cc1cc(Cl)ccc1CN)C(=O)[C@@H]1CCCCN1. The zero-order chi connectivity index (χ0) is 25.0. The van der Waals surface area contributed by atoms with Crippen LogP contribution in [0.4, 0.5) is 13.2 Å². The summed E-state index contributed by atoms with van der Waals surface area (Å²) in [4.78, 5) is 39.3. The van der Waals surface area contributed by atoms with Crippen molar-refractivity contribution >= 4 is 29.4 Å². The van der Waals surface area contributed by atoms with Gasteiger partial charge in [0.05, 0.1) is 12.6 Å². The highest BCUT2D eigenvalue weighted by atomic mass is 35.5. The third-order valence-corrected chi connectivity index (χ3v) is 5.56. The molecule has 0 unspecified atom stereocenters. The number of piperidine rings is 1. The number of imide groups is 1. The lowest BCUT2D eigenvalue weighted by atomic mass is 9.87. The van der Waals surface area contributed by atoms with Crippen molar-refractivity contribution in [3.63, 3.8) is 0 Å². The Morgan fingerprint density at radius 2 is 1.88 bits per heavy atom. The smallest absolute Gasteiger partial charge is 0.445 e. The lowest BCUT2D eigenvalue weighted by molar-refractivity contribution is -0.211. The molecule has 2 atom stereocenters. The van der Waals surface area contributed by atoms with Crippen molar-refractivity contribution < 1.29 is 32.3 Å². The summed E-state index contributed by atoms with van der Waals surface area (Å²) in [6, 6.07) is 4.10. The summed E-state index contributed by atoms with van der Waals surface area (Å²) in [5.41, 5.74) is 5.64. The molecular formula is C22H29ClF3N3O4. The highest BCUT2D eigenvalue weighted by Crippen LogP contribution is 2.29. The van der Waals surface area contributed by atoms with Gasteiger partial charge in [0, 0.05) is 17.0 Å². The predicted molar refractivity (Wildman–Crippen MR) is 116 cm³/mol. The molecular weight excluding hydrogens is 463 g/mol. The van der Waals surface area contributed by atoms with Crippen molar-refractivity contribution in [1.29, 1.82) is 0 Å². The summed E-state index contributed by atoms with van der Waals surface area (Å²) in [6.45, 7) is 4.73. The average Bonchev–Trinajstić information content (AvgIpc) is 2.74. The second kappa shape index (κ2) is 10.8. The molecule has 33 heavy (non-hydrogen) atoms. The number of halogens is 4. The van der Waals surface area contributed by atoms with Crippen LogP contribution >= 0.6 is 11.6 Å². The number of carbonyl (C=O) groups excluding carboxylic acids is 3. The van der Waals surface area contributed by atoms with Crippen LogP contribution in [0.15, 0.2) is 18.2 Å². The molecule has 2 amide bonds. The van der Waals surface area contributed by atoms with Crippen LogP contribution in [0.1, 0.15) is 51.2 Å². The van der Waals surface area contributed by atoms with Gasteiger partial charge in [-0.1, -0.05) is 44.9 Å². The molecule has 1 heterocycles. The van der Waals surface area contributed by atoms with Crippen LogP contribution < -0.4 is 11.1 Å². The number of esters is 1. The molecule has 1 aliphatic rings. The molecule has 1 aromatic rings. The summed E-state index contributed by atoms with van der Waals surface area (Å²) >= 11 is 6.08. The molecule has 0 aliphatic carbocycles. The van der Waals surface area contributed by atoms with Crippen LogP contribution in [0.5, 0.6) is 0 Å². The lowest BCUT2D eigenvalue weighted by Crippen LogP contribution is -2.55. The first kappa shape index (κ1) is 27.1. The van der Waals surface area contributed by atoms with E-state index >= 15 is 0 Å². The largest absolute Gasteiger partial charge is 0.490 e. The van der Waals surface area contributed by atoms with Gasteiger partial charge in [-0.15, -0.1) is 0 Å². The van der Waals surface area contributed by atoms with Crippen molar-refractivity contribution in [3.05, 3.63) is 34.3 Å². The number of nitrogens with two attached hydrogens (primary N) is 1. The van der Waals surface area contributed by atoms with E-state index in [0.717, 1.165) is 17.7 Å². The minimum Gasteiger partial charge on any atom is -0.445 e. The van der Waals surface area contributed by atoms with Gasteiger partial charge in [-0.05, 0) is 42.6 Å². The molecule has 11 heteroatoms. The molecule has 0 radical (unpaired) electrons. The first-order valence-corrected chi connectivity index (χ1v) is 11.0. The second-order valence-electron chi connectivity index (χ2n) is 9.03. The predicted octanol–water partition coefficient (Wildman–Crippen LogP) is 3.32. The Morgan fingerprint density at radius 1 is 1.21 bits per heavy atom. The minimum atomic E-state index is -5.29. The quantitative estimate of drug-likeness (QED) is 0.592. The zero-order valence-electron chi connectivity index (χ0n) is 18.8. The van der Waals surface area contributed by atoms with E-state index in [4.69, 9.17) is 17.3 Å². The Hall–Kier alpha value is -2.17. The third-order valence-electron chi connectivity index (χ3n) is 5.32. The van der Waals surface area contributed by atoms with E-state index < -0.39 is 41.5 Å². The Labute approximate surface area is 195 Å². The first-order valence-electron chi connectivity index (χ1n) is 10.6. The van der Waals surface area contributed by atoms with Gasteiger partial charge >= 0.3 is 12.1 Å².